The summed E-state index contributed by atoms with van der Waals surface area (Å²) in [4.78, 5) is 17.4. The van der Waals surface area contributed by atoms with Gasteiger partial charge in [0.1, 0.15) is 11.5 Å². The molecule has 0 aliphatic heterocycles. The molecule has 0 fully saturated rings. The number of halogens is 2. The van der Waals surface area contributed by atoms with Crippen molar-refractivity contribution in [2.75, 3.05) is 19.4 Å². The van der Waals surface area contributed by atoms with Crippen LogP contribution in [-0.4, -0.2) is 29.9 Å². The van der Waals surface area contributed by atoms with Crippen LogP contribution in [0, 0.1) is 5.82 Å². The number of hydrogen-bond donors (Lipinski definition) is 1. The Morgan fingerprint density at radius 2 is 2.10 bits per heavy atom. The highest BCUT2D eigenvalue weighted by molar-refractivity contribution is 9.10. The van der Waals surface area contributed by atoms with Gasteiger partial charge < -0.3 is 10.2 Å². The van der Waals surface area contributed by atoms with Gasteiger partial charge >= 0.3 is 0 Å². The lowest BCUT2D eigenvalue weighted by Gasteiger charge is -2.12. The van der Waals surface area contributed by atoms with Gasteiger partial charge in [-0.2, -0.15) is 0 Å². The van der Waals surface area contributed by atoms with Gasteiger partial charge in [0.05, 0.1) is 0 Å². The molecule has 2 aromatic rings. The van der Waals surface area contributed by atoms with E-state index in [1.165, 1.54) is 17.0 Å². The van der Waals surface area contributed by atoms with Gasteiger partial charge in [-0.05, 0) is 35.9 Å². The third-order valence-corrected chi connectivity index (χ3v) is 3.65. The monoisotopic (exact) mass is 351 g/mol. The van der Waals surface area contributed by atoms with Crippen LogP contribution in [0.5, 0.6) is 0 Å². The van der Waals surface area contributed by atoms with E-state index < -0.39 is 0 Å². The van der Waals surface area contributed by atoms with Crippen LogP contribution < -0.4 is 5.32 Å². The molecule has 1 aromatic carbocycles. The summed E-state index contributed by atoms with van der Waals surface area (Å²) in [5.74, 6) is -0.446. The molecule has 0 atom stereocenters. The highest BCUT2D eigenvalue weighted by Gasteiger charge is 2.10. The third-order valence-electron chi connectivity index (χ3n) is 2.88. The molecule has 4 nitrogen and oxygen atoms in total. The first-order valence-electron chi connectivity index (χ1n) is 6.33. The Bertz CT molecular complexity index is 661. The van der Waals surface area contributed by atoms with Gasteiger partial charge in [-0.1, -0.05) is 15.9 Å². The normalized spacial score (nSPS) is 10.3. The van der Waals surface area contributed by atoms with Crippen LogP contribution >= 0.6 is 15.9 Å². The number of carbonyl (C=O) groups is 1. The first-order chi connectivity index (χ1) is 9.97. The van der Waals surface area contributed by atoms with Crippen molar-refractivity contribution in [3.63, 3.8) is 0 Å². The number of benzene rings is 1. The quantitative estimate of drug-likeness (QED) is 0.919. The predicted molar refractivity (Wildman–Crippen MR) is 83.7 cm³/mol. The summed E-state index contributed by atoms with van der Waals surface area (Å²) >= 11 is 3.38. The number of pyridine rings is 1. The molecule has 0 aliphatic carbocycles. The highest BCUT2D eigenvalue weighted by Crippen LogP contribution is 2.19. The van der Waals surface area contributed by atoms with Crippen LogP contribution in [0.25, 0.3) is 0 Å². The average Bonchev–Trinajstić information content (AvgIpc) is 2.47. The second-order valence-corrected chi connectivity index (χ2v) is 5.57. The van der Waals surface area contributed by atoms with Crippen LogP contribution in [0.3, 0.4) is 0 Å². The maximum absolute atomic E-state index is 13.2. The van der Waals surface area contributed by atoms with Crippen LogP contribution in [-0.2, 0) is 6.54 Å². The summed E-state index contributed by atoms with van der Waals surface area (Å²) in [5, 5.41) is 3.16. The topological polar surface area (TPSA) is 45.2 Å². The zero-order valence-electron chi connectivity index (χ0n) is 11.7. The van der Waals surface area contributed by atoms with Crippen molar-refractivity contribution in [1.82, 2.24) is 9.88 Å². The Morgan fingerprint density at radius 1 is 1.33 bits per heavy atom. The Kier molecular flexibility index (Phi) is 4.90. The van der Waals surface area contributed by atoms with Crippen LogP contribution in [0.2, 0.25) is 0 Å². The van der Waals surface area contributed by atoms with Gasteiger partial charge in [-0.15, -0.1) is 0 Å². The van der Waals surface area contributed by atoms with Crippen molar-refractivity contribution in [3.05, 3.63) is 58.1 Å². The molecule has 1 amide bonds. The second-order valence-electron chi connectivity index (χ2n) is 4.72. The van der Waals surface area contributed by atoms with Crippen molar-refractivity contribution >= 4 is 27.5 Å². The number of anilines is 1. The molecule has 0 saturated heterocycles. The van der Waals surface area contributed by atoms with Gasteiger partial charge in [0.25, 0.3) is 5.91 Å². The van der Waals surface area contributed by atoms with Gasteiger partial charge in [0.2, 0.25) is 0 Å². The van der Waals surface area contributed by atoms with Crippen LogP contribution in [0.4, 0.5) is 10.1 Å². The summed E-state index contributed by atoms with van der Waals surface area (Å²) in [7, 11) is 3.35. The number of nitrogens with one attached hydrogen (secondary N) is 1. The Morgan fingerprint density at radius 3 is 2.81 bits per heavy atom. The fourth-order valence-corrected chi connectivity index (χ4v) is 2.15. The number of carbonyl (C=O) groups excluding carboxylic acids is 1. The molecule has 2 rings (SSSR count). The number of hydrogen-bond acceptors (Lipinski definition) is 3. The summed E-state index contributed by atoms with van der Waals surface area (Å²) in [6.07, 6.45) is 1.57. The largest absolute Gasteiger partial charge is 0.381 e. The first-order valence-corrected chi connectivity index (χ1v) is 7.12. The van der Waals surface area contributed by atoms with E-state index >= 15 is 0 Å². The Balaban J connectivity index is 2.12. The van der Waals surface area contributed by atoms with E-state index in [0.717, 1.165) is 15.7 Å². The Labute approximate surface area is 131 Å². The van der Waals surface area contributed by atoms with Crippen molar-refractivity contribution in [1.29, 1.82) is 0 Å². The minimum atomic E-state index is -0.284. The zero-order chi connectivity index (χ0) is 15.4. The third kappa shape index (κ3) is 4.01. The lowest BCUT2D eigenvalue weighted by molar-refractivity contribution is 0.0822. The molecule has 1 aromatic heterocycles. The van der Waals surface area contributed by atoms with E-state index in [1.807, 2.05) is 0 Å². The number of amides is 1. The van der Waals surface area contributed by atoms with E-state index in [0.29, 0.717) is 12.2 Å². The SMILES string of the molecule is CN(C)C(=O)c1cc(NCc2cc(F)ccc2Br)ccn1. The molecule has 0 bridgehead atoms. The van der Waals surface area contributed by atoms with Gasteiger partial charge in [-0.25, -0.2) is 4.39 Å². The molecule has 1 heterocycles. The van der Waals surface area contributed by atoms with E-state index in [2.05, 4.69) is 26.2 Å². The lowest BCUT2D eigenvalue weighted by Crippen LogP contribution is -2.22. The van der Waals surface area contributed by atoms with Crippen LogP contribution in [0.15, 0.2) is 41.0 Å². The molecular weight excluding hydrogens is 337 g/mol. The number of rotatable bonds is 4. The summed E-state index contributed by atoms with van der Waals surface area (Å²) < 4.78 is 14.1. The molecular formula is C15H15BrFN3O. The fourth-order valence-electron chi connectivity index (χ4n) is 1.76. The van der Waals surface area contributed by atoms with E-state index in [1.54, 1.807) is 38.5 Å². The van der Waals surface area contributed by atoms with Gasteiger partial charge in [-0.3, -0.25) is 9.78 Å². The summed E-state index contributed by atoms with van der Waals surface area (Å²) in [5.41, 5.74) is 1.92. The maximum atomic E-state index is 13.2. The molecule has 0 saturated carbocycles. The highest BCUT2D eigenvalue weighted by atomic mass is 79.9. The van der Waals surface area contributed by atoms with Crippen molar-refractivity contribution < 1.29 is 9.18 Å². The molecule has 21 heavy (non-hydrogen) atoms. The number of aromatic nitrogens is 1. The molecule has 110 valence electrons. The molecule has 0 unspecified atom stereocenters. The second kappa shape index (κ2) is 6.67. The molecule has 0 radical (unpaired) electrons. The van der Waals surface area contributed by atoms with Gasteiger partial charge in [0.15, 0.2) is 0 Å². The lowest BCUT2D eigenvalue weighted by atomic mass is 10.2. The van der Waals surface area contributed by atoms with Crippen LogP contribution in [0.1, 0.15) is 16.1 Å². The zero-order valence-corrected chi connectivity index (χ0v) is 13.3. The standard InChI is InChI=1S/C15H15BrFN3O/c1-20(2)15(21)14-8-12(5-6-18-14)19-9-10-7-11(17)3-4-13(10)16/h3-8H,9H2,1-2H3,(H,18,19). The number of nitrogens with zero attached hydrogens (tertiary/aromatic N) is 2. The maximum Gasteiger partial charge on any atom is 0.272 e. The van der Waals surface area contributed by atoms with E-state index in [9.17, 15) is 9.18 Å². The van der Waals surface area contributed by atoms with Crippen molar-refractivity contribution in [2.24, 2.45) is 0 Å². The first kappa shape index (κ1) is 15.4. The molecule has 0 aliphatic rings. The Hall–Kier alpha value is -1.95. The van der Waals surface area contributed by atoms with E-state index in [-0.39, 0.29) is 11.7 Å². The molecule has 1 N–H and O–H groups in total. The average molecular weight is 352 g/mol. The summed E-state index contributed by atoms with van der Waals surface area (Å²) in [6.45, 7) is 0.442. The summed E-state index contributed by atoms with van der Waals surface area (Å²) in [6, 6.07) is 7.97. The fraction of sp³-hybridized carbons (Fsp3) is 0.200. The molecule has 0 spiro atoms. The minimum Gasteiger partial charge on any atom is -0.381 e. The smallest absolute Gasteiger partial charge is 0.272 e. The van der Waals surface area contributed by atoms with Crippen molar-refractivity contribution in [3.8, 4) is 0 Å². The van der Waals surface area contributed by atoms with Gasteiger partial charge in [0, 0.05) is 37.0 Å². The predicted octanol–water partition coefficient (Wildman–Crippen LogP) is 3.30. The minimum absolute atomic E-state index is 0.161. The van der Waals surface area contributed by atoms with Crippen molar-refractivity contribution in [2.45, 2.75) is 6.54 Å². The molecule has 6 heteroatoms. The van der Waals surface area contributed by atoms with E-state index in [4.69, 9.17) is 0 Å².